The maximum absolute atomic E-state index is 13.3. The minimum absolute atomic E-state index is 0.0448. The molecule has 0 bridgehead atoms. The number of aromatic amines is 1. The number of H-pyrrole nitrogens is 1. The van der Waals surface area contributed by atoms with E-state index in [0.717, 1.165) is 16.9 Å². The van der Waals surface area contributed by atoms with Crippen LogP contribution in [0.4, 0.5) is 28.4 Å². The van der Waals surface area contributed by atoms with Gasteiger partial charge in [-0.1, -0.05) is 0 Å². The first-order chi connectivity index (χ1) is 20.4. The molecular weight excluding hydrogens is 538 g/mol. The van der Waals surface area contributed by atoms with Crippen molar-refractivity contribution in [2.24, 2.45) is 7.05 Å². The maximum Gasteiger partial charge on any atom is 0.274 e. The molecule has 2 amide bonds. The van der Waals surface area contributed by atoms with Gasteiger partial charge in [-0.2, -0.15) is 5.10 Å². The van der Waals surface area contributed by atoms with E-state index in [1.807, 2.05) is 24.0 Å². The van der Waals surface area contributed by atoms with Crippen LogP contribution in [0.5, 0.6) is 5.88 Å². The number of nitrogens with zero attached hydrogens (tertiary/aromatic N) is 5. The van der Waals surface area contributed by atoms with Gasteiger partial charge < -0.3 is 35.5 Å². The maximum atomic E-state index is 13.3. The van der Waals surface area contributed by atoms with Crippen molar-refractivity contribution in [1.29, 1.82) is 0 Å². The van der Waals surface area contributed by atoms with Crippen molar-refractivity contribution in [3.63, 3.8) is 0 Å². The summed E-state index contributed by atoms with van der Waals surface area (Å²) in [6, 6.07) is 10.8. The predicted octanol–water partition coefficient (Wildman–Crippen LogP) is 2.57. The topological polar surface area (TPSA) is 150 Å². The van der Waals surface area contributed by atoms with Crippen molar-refractivity contribution in [2.75, 3.05) is 60.2 Å². The Morgan fingerprint density at radius 1 is 1.02 bits per heavy atom. The second kappa shape index (κ2) is 11.3. The normalized spacial score (nSPS) is 14.4. The molecule has 4 N–H and O–H groups in total. The number of ether oxygens (including phenoxy) is 1. The van der Waals surface area contributed by atoms with E-state index in [4.69, 9.17) is 4.74 Å². The first-order valence-electron chi connectivity index (χ1n) is 13.7. The van der Waals surface area contributed by atoms with E-state index in [1.165, 1.54) is 6.20 Å². The number of aromatic nitrogens is 4. The van der Waals surface area contributed by atoms with Gasteiger partial charge in [-0.15, -0.1) is 0 Å². The summed E-state index contributed by atoms with van der Waals surface area (Å²) >= 11 is 0. The number of nitrogens with one attached hydrogen (secondary N) is 4. The van der Waals surface area contributed by atoms with E-state index in [2.05, 4.69) is 35.9 Å². The first kappa shape index (κ1) is 26.9. The molecule has 0 saturated carbocycles. The molecule has 1 aromatic carbocycles. The zero-order valence-corrected chi connectivity index (χ0v) is 23.3. The Bertz CT molecular complexity index is 1690. The number of fused-ring (bicyclic) bond motifs is 1. The third-order valence-electron chi connectivity index (χ3n) is 7.39. The lowest BCUT2D eigenvalue weighted by molar-refractivity contribution is 0.0740. The average molecular weight is 570 g/mol. The van der Waals surface area contributed by atoms with E-state index in [-0.39, 0.29) is 11.5 Å². The Morgan fingerprint density at radius 3 is 2.55 bits per heavy atom. The van der Waals surface area contributed by atoms with Crippen molar-refractivity contribution in [1.82, 2.24) is 24.6 Å². The van der Waals surface area contributed by atoms with E-state index in [1.54, 1.807) is 48.4 Å². The molecule has 0 aliphatic carbocycles. The van der Waals surface area contributed by atoms with Crippen molar-refractivity contribution < 1.29 is 14.3 Å². The molecule has 1 fully saturated rings. The molecule has 5 heterocycles. The van der Waals surface area contributed by atoms with Crippen molar-refractivity contribution in [2.45, 2.75) is 6.92 Å². The molecule has 13 nitrogen and oxygen atoms in total. The fourth-order valence-corrected chi connectivity index (χ4v) is 5.11. The van der Waals surface area contributed by atoms with Crippen LogP contribution in [0, 0.1) is 6.92 Å². The molecule has 1 saturated heterocycles. The van der Waals surface area contributed by atoms with Crippen molar-refractivity contribution in [3.8, 4) is 5.88 Å². The zero-order chi connectivity index (χ0) is 29.2. The smallest absolute Gasteiger partial charge is 0.274 e. The molecule has 0 atom stereocenters. The van der Waals surface area contributed by atoms with Crippen LogP contribution in [0.1, 0.15) is 26.4 Å². The number of hydrogen-bond donors (Lipinski definition) is 4. The summed E-state index contributed by atoms with van der Waals surface area (Å²) in [5.41, 5.74) is 4.06. The summed E-state index contributed by atoms with van der Waals surface area (Å²) in [4.78, 5) is 49.7. The van der Waals surface area contributed by atoms with Crippen LogP contribution in [-0.2, 0) is 7.05 Å². The summed E-state index contributed by atoms with van der Waals surface area (Å²) in [6.45, 7) is 5.64. The van der Waals surface area contributed by atoms with Crippen LogP contribution in [0.25, 0.3) is 0 Å². The van der Waals surface area contributed by atoms with Crippen LogP contribution in [0.15, 0.2) is 59.8 Å². The lowest BCUT2D eigenvalue weighted by atomic mass is 10.1. The molecule has 4 aromatic rings. The van der Waals surface area contributed by atoms with Crippen LogP contribution in [-0.4, -0.2) is 75.8 Å². The Morgan fingerprint density at radius 2 is 1.81 bits per heavy atom. The number of hydrogen-bond acceptors (Lipinski definition) is 9. The average Bonchev–Trinajstić information content (AvgIpc) is 3.45. The standard InChI is InChI=1S/C29H31N9O4/c1-18-23(17-32-28-25(18)30-10-16-42-28)34-21-7-9-31-26(39)24(21)27(40)33-19-3-5-20(6-4-19)37-12-14-38(15-13-37)29(41)22-8-11-36(2)35-22/h3-9,11,17,30H,10,12-16H2,1-2H3,(H,33,40)(H2,31,34,39). The number of aryl methyl sites for hydroxylation is 1. The number of rotatable bonds is 6. The lowest BCUT2D eigenvalue weighted by Gasteiger charge is -2.35. The Kier molecular flexibility index (Phi) is 7.21. The Labute approximate surface area is 241 Å². The molecule has 6 rings (SSSR count). The van der Waals surface area contributed by atoms with Crippen molar-refractivity contribution >= 4 is 40.3 Å². The summed E-state index contributed by atoms with van der Waals surface area (Å²) in [7, 11) is 1.79. The van der Waals surface area contributed by atoms with Gasteiger partial charge in [0.25, 0.3) is 17.4 Å². The quantitative estimate of drug-likeness (QED) is 0.275. The Hall–Kier alpha value is -5.33. The Balaban J connectivity index is 1.11. The van der Waals surface area contributed by atoms with Crippen LogP contribution < -0.4 is 31.1 Å². The SMILES string of the molecule is Cc1c(Nc2cc[nH]c(=O)c2C(=O)Nc2ccc(N3CCN(C(=O)c4ccn(C)n4)CC3)cc2)cnc2c1NCCO2. The predicted molar refractivity (Wildman–Crippen MR) is 159 cm³/mol. The number of amides is 2. The van der Waals surface area contributed by atoms with Crippen LogP contribution in [0.2, 0.25) is 0 Å². The van der Waals surface area contributed by atoms with Gasteiger partial charge in [0, 0.05) is 69.1 Å². The van der Waals surface area contributed by atoms with Gasteiger partial charge in [0.1, 0.15) is 23.6 Å². The summed E-state index contributed by atoms with van der Waals surface area (Å²) in [5.74, 6) is -0.0861. The van der Waals surface area contributed by atoms with E-state index in [9.17, 15) is 14.4 Å². The minimum atomic E-state index is -0.543. The second-order valence-corrected chi connectivity index (χ2v) is 10.1. The third-order valence-corrected chi connectivity index (χ3v) is 7.39. The lowest BCUT2D eigenvalue weighted by Crippen LogP contribution is -2.48. The highest BCUT2D eigenvalue weighted by Crippen LogP contribution is 2.34. The molecule has 13 heteroatoms. The number of carbonyl (C=O) groups excluding carboxylic acids is 2. The van der Waals surface area contributed by atoms with Crippen molar-refractivity contribution in [3.05, 3.63) is 82.2 Å². The highest BCUT2D eigenvalue weighted by Gasteiger charge is 2.24. The molecule has 0 spiro atoms. The molecule has 3 aromatic heterocycles. The second-order valence-electron chi connectivity index (χ2n) is 10.1. The number of benzene rings is 1. The molecule has 0 unspecified atom stereocenters. The largest absolute Gasteiger partial charge is 0.474 e. The van der Waals surface area contributed by atoms with E-state index < -0.39 is 11.5 Å². The molecule has 0 radical (unpaired) electrons. The fourth-order valence-electron chi connectivity index (χ4n) is 5.11. The monoisotopic (exact) mass is 569 g/mol. The summed E-state index contributed by atoms with van der Waals surface area (Å²) in [6.07, 6.45) is 4.87. The van der Waals surface area contributed by atoms with Gasteiger partial charge in [-0.05, 0) is 43.3 Å². The summed E-state index contributed by atoms with van der Waals surface area (Å²) in [5, 5.41) is 13.5. The van der Waals surface area contributed by atoms with Crippen LogP contribution in [0.3, 0.4) is 0 Å². The number of anilines is 5. The molecule has 2 aliphatic heterocycles. The first-order valence-corrected chi connectivity index (χ1v) is 13.7. The highest BCUT2D eigenvalue weighted by atomic mass is 16.5. The fraction of sp³-hybridized carbons (Fsp3) is 0.276. The third kappa shape index (κ3) is 5.36. The van der Waals surface area contributed by atoms with E-state index in [0.29, 0.717) is 68.0 Å². The van der Waals surface area contributed by atoms with E-state index >= 15 is 0 Å². The number of piperazine rings is 1. The zero-order valence-electron chi connectivity index (χ0n) is 23.3. The van der Waals surface area contributed by atoms with Gasteiger partial charge >= 0.3 is 0 Å². The summed E-state index contributed by atoms with van der Waals surface area (Å²) < 4.78 is 7.21. The number of carbonyl (C=O) groups is 2. The highest BCUT2D eigenvalue weighted by molar-refractivity contribution is 6.08. The van der Waals surface area contributed by atoms with Gasteiger partial charge in [-0.25, -0.2) is 4.98 Å². The van der Waals surface area contributed by atoms with Gasteiger partial charge in [0.15, 0.2) is 0 Å². The van der Waals surface area contributed by atoms with Gasteiger partial charge in [0.2, 0.25) is 5.88 Å². The molecule has 216 valence electrons. The molecular formula is C29H31N9O4. The van der Waals surface area contributed by atoms with Crippen LogP contribution >= 0.6 is 0 Å². The minimum Gasteiger partial charge on any atom is -0.474 e. The molecule has 42 heavy (non-hydrogen) atoms. The van der Waals surface area contributed by atoms with Gasteiger partial charge in [-0.3, -0.25) is 19.1 Å². The number of pyridine rings is 2. The van der Waals surface area contributed by atoms with Gasteiger partial charge in [0.05, 0.1) is 17.6 Å². The molecule has 2 aliphatic rings.